The van der Waals surface area contributed by atoms with E-state index in [4.69, 9.17) is 9.47 Å². The van der Waals surface area contributed by atoms with Gasteiger partial charge in [0.05, 0.1) is 19.8 Å². The van der Waals surface area contributed by atoms with Gasteiger partial charge in [0.25, 0.3) is 0 Å². The van der Waals surface area contributed by atoms with Crippen LogP contribution < -0.4 is 0 Å². The molecule has 0 spiro atoms. The summed E-state index contributed by atoms with van der Waals surface area (Å²) in [6, 6.07) is 0. The number of hydrogen-bond acceptors (Lipinski definition) is 6. The maximum absolute atomic E-state index is 5.40. The number of thiol groups is 1. The Labute approximate surface area is 80.6 Å². The minimum atomic E-state index is -0.618. The molecule has 0 aromatic carbocycles. The number of ether oxygens (including phenoxy) is 2. The fourth-order valence-corrected chi connectivity index (χ4v) is 1.37. The summed E-state index contributed by atoms with van der Waals surface area (Å²) in [5, 5.41) is 11.3. The lowest BCUT2D eigenvalue weighted by molar-refractivity contribution is -0.155. The predicted molar refractivity (Wildman–Crippen MR) is 45.4 cm³/mol. The maximum atomic E-state index is 5.40. The van der Waals surface area contributed by atoms with Gasteiger partial charge in [-0.15, -0.1) is 17.7 Å². The lowest BCUT2D eigenvalue weighted by Gasteiger charge is -2.21. The number of rotatable bonds is 2. The summed E-state index contributed by atoms with van der Waals surface area (Å²) < 4.78 is 12.3. The molecule has 1 aliphatic rings. The molecule has 0 bridgehead atoms. The molecule has 72 valence electrons. The van der Waals surface area contributed by atoms with Crippen LogP contribution in [-0.2, 0) is 16.0 Å². The Morgan fingerprint density at radius 3 is 2.77 bits per heavy atom. The summed E-state index contributed by atoms with van der Waals surface area (Å²) in [5.41, 5.74) is 0. The molecule has 1 aromatic rings. The first kappa shape index (κ1) is 8.92. The largest absolute Gasteiger partial charge is 0.346 e. The van der Waals surface area contributed by atoms with E-state index in [-0.39, 0.29) is 0 Å². The summed E-state index contributed by atoms with van der Waals surface area (Å²) in [5.74, 6) is -0.618. The number of nitrogens with zero attached hydrogens (tertiary/aromatic N) is 4. The first-order valence-corrected chi connectivity index (χ1v) is 4.37. The van der Waals surface area contributed by atoms with Crippen molar-refractivity contribution in [2.45, 2.75) is 24.4 Å². The van der Waals surface area contributed by atoms with Crippen molar-refractivity contribution in [2.24, 2.45) is 0 Å². The van der Waals surface area contributed by atoms with E-state index < -0.39 is 5.79 Å². The van der Waals surface area contributed by atoms with Crippen LogP contribution in [0.25, 0.3) is 0 Å². The van der Waals surface area contributed by atoms with Crippen molar-refractivity contribution in [2.75, 3.05) is 13.2 Å². The summed E-state index contributed by atoms with van der Waals surface area (Å²) in [6.07, 6.45) is 0. The fraction of sp³-hybridized carbons (Fsp3) is 0.833. The van der Waals surface area contributed by atoms with Crippen LogP contribution >= 0.6 is 12.6 Å². The molecular formula is C6H10N4O2S. The normalized spacial score (nSPS) is 20.8. The highest BCUT2D eigenvalue weighted by Crippen LogP contribution is 2.20. The summed E-state index contributed by atoms with van der Waals surface area (Å²) >= 11 is 4.07. The molecule has 0 amide bonds. The monoisotopic (exact) mass is 202 g/mol. The topological polar surface area (TPSA) is 62.1 Å². The van der Waals surface area contributed by atoms with Gasteiger partial charge in [0.1, 0.15) is 0 Å². The number of tetrazole rings is 1. The quantitative estimate of drug-likeness (QED) is 0.669. The molecule has 2 heterocycles. The Kier molecular flexibility index (Phi) is 2.22. The average Bonchev–Trinajstić information content (AvgIpc) is 2.64. The van der Waals surface area contributed by atoms with Crippen LogP contribution in [-0.4, -0.2) is 39.2 Å². The van der Waals surface area contributed by atoms with Gasteiger partial charge in [0.15, 0.2) is 5.79 Å². The Morgan fingerprint density at radius 2 is 2.23 bits per heavy atom. The molecule has 2 rings (SSSR count). The zero-order valence-electron chi connectivity index (χ0n) is 7.17. The van der Waals surface area contributed by atoms with Crippen LogP contribution in [0.15, 0.2) is 5.16 Å². The van der Waals surface area contributed by atoms with Gasteiger partial charge in [0, 0.05) is 0 Å². The highest BCUT2D eigenvalue weighted by molar-refractivity contribution is 7.80. The van der Waals surface area contributed by atoms with E-state index in [1.54, 1.807) is 0 Å². The number of aromatic nitrogens is 4. The van der Waals surface area contributed by atoms with Gasteiger partial charge in [-0.1, -0.05) is 0 Å². The Hall–Kier alpha value is -0.660. The van der Waals surface area contributed by atoms with Crippen LogP contribution in [0.3, 0.4) is 0 Å². The van der Waals surface area contributed by atoms with Crippen LogP contribution in [0.1, 0.15) is 6.92 Å². The smallest absolute Gasteiger partial charge is 0.206 e. The zero-order chi connectivity index (χ0) is 9.31. The van der Waals surface area contributed by atoms with E-state index >= 15 is 0 Å². The predicted octanol–water partition coefficient (Wildman–Crippen LogP) is -0.275. The van der Waals surface area contributed by atoms with Gasteiger partial charge in [-0.05, 0) is 17.4 Å². The summed E-state index contributed by atoms with van der Waals surface area (Å²) in [4.78, 5) is 0. The lowest BCUT2D eigenvalue weighted by atomic mass is 10.3. The van der Waals surface area contributed by atoms with E-state index in [0.717, 1.165) is 0 Å². The first-order valence-electron chi connectivity index (χ1n) is 3.93. The molecular weight excluding hydrogens is 192 g/mol. The van der Waals surface area contributed by atoms with E-state index in [1.165, 1.54) is 4.68 Å². The molecule has 0 unspecified atom stereocenters. The van der Waals surface area contributed by atoms with Crippen LogP contribution in [0.5, 0.6) is 0 Å². The molecule has 0 atom stereocenters. The van der Waals surface area contributed by atoms with Crippen molar-refractivity contribution in [3.8, 4) is 0 Å². The van der Waals surface area contributed by atoms with Crippen LogP contribution in [0, 0.1) is 0 Å². The maximum Gasteiger partial charge on any atom is 0.206 e. The molecule has 6 nitrogen and oxygen atoms in total. The molecule has 1 saturated heterocycles. The van der Waals surface area contributed by atoms with Crippen molar-refractivity contribution in [1.82, 2.24) is 20.2 Å². The third-order valence-corrected chi connectivity index (χ3v) is 2.17. The molecule has 1 aliphatic heterocycles. The third-order valence-electron chi connectivity index (χ3n) is 1.85. The number of hydrogen-bond donors (Lipinski definition) is 1. The van der Waals surface area contributed by atoms with E-state index in [0.29, 0.717) is 24.9 Å². The second kappa shape index (κ2) is 3.24. The van der Waals surface area contributed by atoms with E-state index in [9.17, 15) is 0 Å². The highest BCUT2D eigenvalue weighted by atomic mass is 32.1. The molecule has 1 aromatic heterocycles. The van der Waals surface area contributed by atoms with Gasteiger partial charge < -0.3 is 9.47 Å². The highest BCUT2D eigenvalue weighted by Gasteiger charge is 2.32. The third kappa shape index (κ3) is 1.82. The Morgan fingerprint density at radius 1 is 1.54 bits per heavy atom. The summed E-state index contributed by atoms with van der Waals surface area (Å²) in [6.45, 7) is 3.54. The van der Waals surface area contributed by atoms with Gasteiger partial charge >= 0.3 is 0 Å². The van der Waals surface area contributed by atoms with Crippen molar-refractivity contribution >= 4 is 12.6 Å². The first-order chi connectivity index (χ1) is 6.20. The molecule has 0 saturated carbocycles. The minimum Gasteiger partial charge on any atom is -0.346 e. The second-order valence-electron chi connectivity index (χ2n) is 2.97. The van der Waals surface area contributed by atoms with Crippen molar-refractivity contribution in [3.63, 3.8) is 0 Å². The van der Waals surface area contributed by atoms with Gasteiger partial charge in [0.2, 0.25) is 5.16 Å². The SMILES string of the molecule is CC1(Cn2nnnc2S)OCCO1. The molecule has 7 heteroatoms. The van der Waals surface area contributed by atoms with Crippen molar-refractivity contribution in [3.05, 3.63) is 0 Å². The average molecular weight is 202 g/mol. The standard InChI is InChI=1S/C6H10N4O2S/c1-6(11-2-3-12-6)4-10-5(13)7-8-9-10/h2-4H2,1H3,(H,7,9,13). The van der Waals surface area contributed by atoms with Crippen LogP contribution in [0.4, 0.5) is 0 Å². The summed E-state index contributed by atoms with van der Waals surface area (Å²) in [7, 11) is 0. The minimum absolute atomic E-state index is 0.457. The molecule has 13 heavy (non-hydrogen) atoms. The van der Waals surface area contributed by atoms with Crippen LogP contribution in [0.2, 0.25) is 0 Å². The zero-order valence-corrected chi connectivity index (χ0v) is 8.07. The molecule has 0 radical (unpaired) electrons. The van der Waals surface area contributed by atoms with Crippen molar-refractivity contribution in [1.29, 1.82) is 0 Å². The Balaban J connectivity index is 2.09. The molecule has 0 aliphatic carbocycles. The van der Waals surface area contributed by atoms with E-state index in [1.807, 2.05) is 6.92 Å². The fourth-order valence-electron chi connectivity index (χ4n) is 1.22. The van der Waals surface area contributed by atoms with Gasteiger partial charge in [-0.3, -0.25) is 0 Å². The van der Waals surface area contributed by atoms with Crippen molar-refractivity contribution < 1.29 is 9.47 Å². The Bertz CT molecular complexity index is 297. The lowest BCUT2D eigenvalue weighted by Crippen LogP contribution is -2.32. The van der Waals surface area contributed by atoms with Gasteiger partial charge in [-0.25, -0.2) is 4.68 Å². The van der Waals surface area contributed by atoms with Gasteiger partial charge in [-0.2, -0.15) is 0 Å². The molecule has 0 N–H and O–H groups in total. The second-order valence-corrected chi connectivity index (χ2v) is 3.37. The molecule has 1 fully saturated rings. The van der Waals surface area contributed by atoms with E-state index in [2.05, 4.69) is 28.2 Å².